The van der Waals surface area contributed by atoms with Gasteiger partial charge < -0.3 is 5.32 Å². The van der Waals surface area contributed by atoms with Crippen molar-refractivity contribution in [3.05, 3.63) is 58.1 Å². The number of nitrogens with zero attached hydrogens (tertiary/aromatic N) is 1. The van der Waals surface area contributed by atoms with Gasteiger partial charge in [-0.1, -0.05) is 0 Å². The number of hydrogen-bond donors (Lipinski definition) is 1. The molecule has 0 bridgehead atoms. The molecule has 11 heteroatoms. The van der Waals surface area contributed by atoms with E-state index in [1.54, 1.807) is 0 Å². The van der Waals surface area contributed by atoms with E-state index in [-0.39, 0.29) is 11.8 Å². The zero-order chi connectivity index (χ0) is 19.7. The fourth-order valence-electron chi connectivity index (χ4n) is 2.14. The molecular weight excluding hydrogens is 377 g/mol. The Hall–Kier alpha value is -2.95. The van der Waals surface area contributed by atoms with Crippen LogP contribution >= 0.6 is 0 Å². The van der Waals surface area contributed by atoms with E-state index in [0.717, 1.165) is 12.1 Å². The first-order chi connectivity index (χ1) is 11.9. The number of anilines is 1. The predicted octanol–water partition coefficient (Wildman–Crippen LogP) is 3.40. The molecule has 0 aromatic heterocycles. The highest BCUT2D eigenvalue weighted by Crippen LogP contribution is 2.38. The summed E-state index contributed by atoms with van der Waals surface area (Å²) in [6.45, 7) is 1.23. The number of nitrogens with one attached hydrogen (secondary N) is 1. The molecule has 7 nitrogen and oxygen atoms in total. The van der Waals surface area contributed by atoms with Crippen LogP contribution in [0.3, 0.4) is 0 Å². The van der Waals surface area contributed by atoms with E-state index in [1.807, 2.05) is 0 Å². The number of rotatable bonds is 4. The summed E-state index contributed by atoms with van der Waals surface area (Å²) in [5, 5.41) is 13.1. The van der Waals surface area contributed by atoms with Gasteiger partial charge in [0.25, 0.3) is 5.69 Å². The highest BCUT2D eigenvalue weighted by molar-refractivity contribution is 7.91. The molecule has 2 rings (SSSR count). The zero-order valence-corrected chi connectivity index (χ0v) is 13.9. The normalized spacial score (nSPS) is 11.8. The van der Waals surface area contributed by atoms with Crippen molar-refractivity contribution in [1.82, 2.24) is 0 Å². The van der Waals surface area contributed by atoms with Crippen LogP contribution in [-0.2, 0) is 20.8 Å². The van der Waals surface area contributed by atoms with Crippen molar-refractivity contribution >= 4 is 27.1 Å². The highest BCUT2D eigenvalue weighted by atomic mass is 32.2. The molecule has 138 valence electrons. The van der Waals surface area contributed by atoms with E-state index >= 15 is 0 Å². The van der Waals surface area contributed by atoms with Crippen molar-refractivity contribution < 1.29 is 31.3 Å². The Morgan fingerprint density at radius 3 is 2.15 bits per heavy atom. The molecule has 1 amide bonds. The Bertz CT molecular complexity index is 970. The van der Waals surface area contributed by atoms with Crippen molar-refractivity contribution in [2.45, 2.75) is 22.9 Å². The Labute approximate surface area is 145 Å². The summed E-state index contributed by atoms with van der Waals surface area (Å²) in [6.07, 6.45) is -5.11. The van der Waals surface area contributed by atoms with Gasteiger partial charge in [-0.25, -0.2) is 8.42 Å². The summed E-state index contributed by atoms with van der Waals surface area (Å²) in [5.41, 5.74) is -2.24. The van der Waals surface area contributed by atoms with Crippen LogP contribution in [0.4, 0.5) is 24.5 Å². The van der Waals surface area contributed by atoms with Gasteiger partial charge in [-0.15, -0.1) is 0 Å². The molecule has 0 saturated heterocycles. The van der Waals surface area contributed by atoms with Crippen LogP contribution in [0, 0.1) is 10.1 Å². The lowest BCUT2D eigenvalue weighted by Crippen LogP contribution is -2.14. The Balaban J connectivity index is 2.58. The van der Waals surface area contributed by atoms with E-state index in [9.17, 15) is 36.5 Å². The molecule has 2 aromatic rings. The van der Waals surface area contributed by atoms with Gasteiger partial charge >= 0.3 is 6.18 Å². The van der Waals surface area contributed by atoms with E-state index in [2.05, 4.69) is 5.32 Å². The molecule has 0 radical (unpaired) electrons. The number of carbonyl (C=O) groups excluding carboxylic acids is 1. The summed E-state index contributed by atoms with van der Waals surface area (Å²) in [4.78, 5) is 19.0. The van der Waals surface area contributed by atoms with Gasteiger partial charge in [-0.05, 0) is 30.3 Å². The maximum Gasteiger partial charge on any atom is 0.417 e. The van der Waals surface area contributed by atoms with Gasteiger partial charge in [0, 0.05) is 24.7 Å². The first kappa shape index (κ1) is 19.4. The van der Waals surface area contributed by atoms with Crippen molar-refractivity contribution in [1.29, 1.82) is 0 Å². The molecule has 1 N–H and O–H groups in total. The minimum atomic E-state index is -5.11. The number of benzene rings is 2. The number of hydrogen-bond acceptors (Lipinski definition) is 5. The summed E-state index contributed by atoms with van der Waals surface area (Å²) in [6, 6.07) is 5.91. The van der Waals surface area contributed by atoms with Gasteiger partial charge in [0.15, 0.2) is 0 Å². The zero-order valence-electron chi connectivity index (χ0n) is 13.1. The number of halogens is 3. The standard InChI is InChI=1S/C15H11F3N2O5S/c1-9(21)19-10-2-5-12(6-3-10)26(24,25)14-7-4-11(20(22)23)8-13(14)15(16,17)18/h2-8H,1H3,(H,19,21). The molecule has 0 aliphatic rings. The van der Waals surface area contributed by atoms with Crippen molar-refractivity contribution in [2.75, 3.05) is 5.32 Å². The van der Waals surface area contributed by atoms with Gasteiger partial charge in [-0.2, -0.15) is 13.2 Å². The van der Waals surface area contributed by atoms with Gasteiger partial charge in [-0.3, -0.25) is 14.9 Å². The monoisotopic (exact) mass is 388 g/mol. The number of alkyl halides is 3. The summed E-state index contributed by atoms with van der Waals surface area (Å²) >= 11 is 0. The fraction of sp³-hybridized carbons (Fsp3) is 0.133. The molecule has 0 unspecified atom stereocenters. The van der Waals surface area contributed by atoms with E-state index in [1.165, 1.54) is 19.1 Å². The Morgan fingerprint density at radius 2 is 1.69 bits per heavy atom. The summed E-state index contributed by atoms with van der Waals surface area (Å²) < 4.78 is 64.8. The van der Waals surface area contributed by atoms with Crippen LogP contribution in [0.2, 0.25) is 0 Å². The molecular formula is C15H11F3N2O5S. The SMILES string of the molecule is CC(=O)Nc1ccc(S(=O)(=O)c2ccc([N+](=O)[O-])cc2C(F)(F)F)cc1. The molecule has 0 aliphatic carbocycles. The van der Waals surface area contributed by atoms with Gasteiger partial charge in [0.1, 0.15) is 0 Å². The second-order valence-corrected chi connectivity index (χ2v) is 7.06. The molecule has 0 spiro atoms. The second-order valence-electron chi connectivity index (χ2n) is 5.14. The quantitative estimate of drug-likeness (QED) is 0.638. The molecule has 0 heterocycles. The number of nitro benzene ring substituents is 1. The molecule has 26 heavy (non-hydrogen) atoms. The fourth-order valence-corrected chi connectivity index (χ4v) is 3.59. The van der Waals surface area contributed by atoms with Gasteiger partial charge in [0.05, 0.1) is 20.3 Å². The van der Waals surface area contributed by atoms with Crippen LogP contribution in [0.5, 0.6) is 0 Å². The third-order valence-corrected chi connectivity index (χ3v) is 5.08. The molecule has 0 aliphatic heterocycles. The third kappa shape index (κ3) is 3.99. The topological polar surface area (TPSA) is 106 Å². The average Bonchev–Trinajstić information content (AvgIpc) is 2.53. The number of amides is 1. The number of sulfone groups is 1. The smallest absolute Gasteiger partial charge is 0.326 e. The lowest BCUT2D eigenvalue weighted by Gasteiger charge is -2.13. The number of nitro groups is 1. The lowest BCUT2D eigenvalue weighted by molar-refractivity contribution is -0.385. The van der Waals surface area contributed by atoms with Crippen LogP contribution in [0.15, 0.2) is 52.3 Å². The number of non-ortho nitro benzene ring substituents is 1. The first-order valence-corrected chi connectivity index (χ1v) is 8.39. The van der Waals surface area contributed by atoms with Crippen LogP contribution in [0.25, 0.3) is 0 Å². The Kier molecular flexibility index (Phi) is 5.03. The molecule has 0 saturated carbocycles. The number of carbonyl (C=O) groups is 1. The minimum Gasteiger partial charge on any atom is -0.326 e. The van der Waals surface area contributed by atoms with Crippen LogP contribution < -0.4 is 5.32 Å². The van der Waals surface area contributed by atoms with Crippen molar-refractivity contribution in [2.24, 2.45) is 0 Å². The maximum atomic E-state index is 13.2. The molecule has 2 aromatic carbocycles. The minimum absolute atomic E-state index is 0.179. The molecule has 0 atom stereocenters. The van der Waals surface area contributed by atoms with Crippen molar-refractivity contribution in [3.63, 3.8) is 0 Å². The first-order valence-electron chi connectivity index (χ1n) is 6.91. The summed E-state index contributed by atoms with van der Waals surface area (Å²) in [7, 11) is -4.60. The average molecular weight is 388 g/mol. The largest absolute Gasteiger partial charge is 0.417 e. The van der Waals surface area contributed by atoms with E-state index < -0.39 is 47.9 Å². The van der Waals surface area contributed by atoms with Gasteiger partial charge in [0.2, 0.25) is 15.7 Å². The Morgan fingerprint density at radius 1 is 1.12 bits per heavy atom. The third-order valence-electron chi connectivity index (χ3n) is 3.25. The predicted molar refractivity (Wildman–Crippen MR) is 84.3 cm³/mol. The van der Waals surface area contributed by atoms with Crippen molar-refractivity contribution in [3.8, 4) is 0 Å². The lowest BCUT2D eigenvalue weighted by atomic mass is 10.2. The van der Waals surface area contributed by atoms with Crippen LogP contribution in [-0.4, -0.2) is 19.2 Å². The van der Waals surface area contributed by atoms with Crippen LogP contribution in [0.1, 0.15) is 12.5 Å². The second kappa shape index (κ2) is 6.75. The van der Waals surface area contributed by atoms with E-state index in [4.69, 9.17) is 0 Å². The summed E-state index contributed by atoms with van der Waals surface area (Å²) in [5.74, 6) is -0.407. The highest BCUT2D eigenvalue weighted by Gasteiger charge is 2.39. The maximum absolute atomic E-state index is 13.2. The van der Waals surface area contributed by atoms with E-state index in [0.29, 0.717) is 12.1 Å². The molecule has 0 fully saturated rings.